The van der Waals surface area contributed by atoms with Gasteiger partial charge in [0.2, 0.25) is 10.0 Å². The highest BCUT2D eigenvalue weighted by Crippen LogP contribution is 2.24. The number of hydrogen-bond donors (Lipinski definition) is 2. The van der Waals surface area contributed by atoms with Crippen LogP contribution >= 0.6 is 0 Å². The van der Waals surface area contributed by atoms with Gasteiger partial charge in [-0.2, -0.15) is 0 Å². The molecular formula is C23H25N3O3S. The fourth-order valence-corrected chi connectivity index (χ4v) is 4.06. The van der Waals surface area contributed by atoms with E-state index < -0.39 is 10.0 Å². The molecule has 156 valence electrons. The van der Waals surface area contributed by atoms with Gasteiger partial charge in [0, 0.05) is 17.4 Å². The molecule has 0 radical (unpaired) electrons. The summed E-state index contributed by atoms with van der Waals surface area (Å²) in [6, 6.07) is 17.3. The van der Waals surface area contributed by atoms with Gasteiger partial charge in [-0.3, -0.25) is 14.5 Å². The molecule has 2 N–H and O–H groups in total. The maximum absolute atomic E-state index is 12.5. The molecule has 0 spiro atoms. The number of amides is 1. The summed E-state index contributed by atoms with van der Waals surface area (Å²) in [6.45, 7) is 6.31. The number of anilines is 2. The summed E-state index contributed by atoms with van der Waals surface area (Å²) in [5.74, 6) is -0.465. The third kappa shape index (κ3) is 5.90. The Morgan fingerprint density at radius 2 is 1.60 bits per heavy atom. The first-order valence-electron chi connectivity index (χ1n) is 9.54. The van der Waals surface area contributed by atoms with Gasteiger partial charge in [0.15, 0.2) is 0 Å². The van der Waals surface area contributed by atoms with E-state index in [0.29, 0.717) is 22.5 Å². The Balaban J connectivity index is 1.63. The standard InChI is InChI=1S/C23H25N3O3S/c1-23(2,3)19-10-12-20(13-11-19)26-30(28,29)16-17-6-8-18(9-7-17)22(27)25-21-5-4-14-24-15-21/h4-15,26H,16H2,1-3H3,(H,25,27). The predicted molar refractivity (Wildman–Crippen MR) is 120 cm³/mol. The molecule has 0 fully saturated rings. The molecule has 1 amide bonds. The molecule has 0 unspecified atom stereocenters. The molecule has 0 saturated heterocycles. The van der Waals surface area contributed by atoms with E-state index in [9.17, 15) is 13.2 Å². The zero-order chi connectivity index (χ0) is 21.8. The van der Waals surface area contributed by atoms with Gasteiger partial charge < -0.3 is 5.32 Å². The average Bonchev–Trinajstić information content (AvgIpc) is 2.68. The minimum Gasteiger partial charge on any atom is -0.321 e. The second-order valence-corrected chi connectivity index (χ2v) is 9.80. The number of rotatable bonds is 6. The molecule has 0 aliphatic carbocycles. The van der Waals surface area contributed by atoms with E-state index in [-0.39, 0.29) is 17.1 Å². The van der Waals surface area contributed by atoms with Crippen molar-refractivity contribution in [2.75, 3.05) is 10.0 Å². The normalized spacial score (nSPS) is 11.7. The number of carbonyl (C=O) groups excluding carboxylic acids is 1. The van der Waals surface area contributed by atoms with Gasteiger partial charge >= 0.3 is 0 Å². The van der Waals surface area contributed by atoms with Crippen molar-refractivity contribution in [1.29, 1.82) is 0 Å². The molecular weight excluding hydrogens is 398 g/mol. The number of nitrogens with one attached hydrogen (secondary N) is 2. The largest absolute Gasteiger partial charge is 0.321 e. The summed E-state index contributed by atoms with van der Waals surface area (Å²) >= 11 is 0. The van der Waals surface area contributed by atoms with Crippen LogP contribution in [0.25, 0.3) is 0 Å². The first-order valence-corrected chi connectivity index (χ1v) is 11.2. The van der Waals surface area contributed by atoms with E-state index in [4.69, 9.17) is 0 Å². The maximum Gasteiger partial charge on any atom is 0.255 e. The third-order valence-corrected chi connectivity index (χ3v) is 5.78. The van der Waals surface area contributed by atoms with Gasteiger partial charge in [0.05, 0.1) is 17.6 Å². The molecule has 0 aliphatic heterocycles. The molecule has 1 aromatic heterocycles. The van der Waals surface area contributed by atoms with Crippen LogP contribution in [-0.4, -0.2) is 19.3 Å². The van der Waals surface area contributed by atoms with E-state index >= 15 is 0 Å². The minimum atomic E-state index is -3.58. The van der Waals surface area contributed by atoms with Crippen LogP contribution in [0.3, 0.4) is 0 Å². The van der Waals surface area contributed by atoms with Crippen LogP contribution in [0, 0.1) is 0 Å². The van der Waals surface area contributed by atoms with Crippen molar-refractivity contribution in [3.05, 3.63) is 89.7 Å². The van der Waals surface area contributed by atoms with Gasteiger partial charge in [-0.15, -0.1) is 0 Å². The molecule has 0 saturated carbocycles. The Hall–Kier alpha value is -3.19. The Morgan fingerprint density at radius 1 is 0.933 bits per heavy atom. The number of benzene rings is 2. The first kappa shape index (κ1) is 21.5. The predicted octanol–water partition coefficient (Wildman–Crippen LogP) is 4.57. The lowest BCUT2D eigenvalue weighted by molar-refractivity contribution is 0.102. The highest BCUT2D eigenvalue weighted by molar-refractivity contribution is 7.91. The van der Waals surface area contributed by atoms with Gasteiger partial charge in [-0.25, -0.2) is 8.42 Å². The smallest absolute Gasteiger partial charge is 0.255 e. The fourth-order valence-electron chi connectivity index (χ4n) is 2.87. The number of hydrogen-bond acceptors (Lipinski definition) is 4. The van der Waals surface area contributed by atoms with Crippen molar-refractivity contribution in [3.63, 3.8) is 0 Å². The molecule has 7 heteroatoms. The number of aromatic nitrogens is 1. The second kappa shape index (κ2) is 8.67. The van der Waals surface area contributed by atoms with Crippen LogP contribution in [0.1, 0.15) is 42.3 Å². The lowest BCUT2D eigenvalue weighted by Crippen LogP contribution is -2.16. The van der Waals surface area contributed by atoms with Crippen LogP contribution in [0.5, 0.6) is 0 Å². The van der Waals surface area contributed by atoms with Crippen molar-refractivity contribution < 1.29 is 13.2 Å². The summed E-state index contributed by atoms with van der Waals surface area (Å²) in [4.78, 5) is 16.2. The van der Waals surface area contributed by atoms with Crippen LogP contribution in [-0.2, 0) is 21.2 Å². The zero-order valence-electron chi connectivity index (χ0n) is 17.2. The van der Waals surface area contributed by atoms with E-state index in [1.54, 1.807) is 60.9 Å². The summed E-state index contributed by atoms with van der Waals surface area (Å²) in [5, 5.41) is 2.74. The lowest BCUT2D eigenvalue weighted by Gasteiger charge is -2.19. The Kier molecular flexibility index (Phi) is 6.22. The fraction of sp³-hybridized carbons (Fsp3) is 0.217. The van der Waals surface area contributed by atoms with Crippen molar-refractivity contribution >= 4 is 27.3 Å². The Labute approximate surface area is 177 Å². The van der Waals surface area contributed by atoms with E-state index in [0.717, 1.165) is 5.56 Å². The van der Waals surface area contributed by atoms with Crippen molar-refractivity contribution in [2.45, 2.75) is 31.9 Å². The minimum absolute atomic E-state index is 0.00245. The van der Waals surface area contributed by atoms with Crippen LogP contribution < -0.4 is 10.0 Å². The van der Waals surface area contributed by atoms with Crippen LogP contribution in [0.4, 0.5) is 11.4 Å². The molecule has 3 rings (SSSR count). The van der Waals surface area contributed by atoms with Crippen LogP contribution in [0.15, 0.2) is 73.1 Å². The monoisotopic (exact) mass is 423 g/mol. The maximum atomic E-state index is 12.5. The molecule has 0 bridgehead atoms. The molecule has 3 aromatic rings. The van der Waals surface area contributed by atoms with Crippen molar-refractivity contribution in [2.24, 2.45) is 0 Å². The molecule has 30 heavy (non-hydrogen) atoms. The quantitative estimate of drug-likeness (QED) is 0.608. The SMILES string of the molecule is CC(C)(C)c1ccc(NS(=O)(=O)Cc2ccc(C(=O)Nc3cccnc3)cc2)cc1. The second-order valence-electron chi connectivity index (χ2n) is 8.08. The number of nitrogens with zero attached hydrogens (tertiary/aromatic N) is 1. The molecule has 6 nitrogen and oxygen atoms in total. The Morgan fingerprint density at radius 3 is 2.17 bits per heavy atom. The lowest BCUT2D eigenvalue weighted by atomic mass is 9.87. The first-order chi connectivity index (χ1) is 14.1. The summed E-state index contributed by atoms with van der Waals surface area (Å²) in [5.41, 5.74) is 3.28. The van der Waals surface area contributed by atoms with Gasteiger partial charge in [-0.1, -0.05) is 45.0 Å². The topological polar surface area (TPSA) is 88.2 Å². The average molecular weight is 424 g/mol. The van der Waals surface area contributed by atoms with Gasteiger partial charge in [-0.05, 0) is 52.9 Å². The highest BCUT2D eigenvalue weighted by Gasteiger charge is 2.16. The number of carbonyl (C=O) groups is 1. The van der Waals surface area contributed by atoms with E-state index in [1.165, 1.54) is 0 Å². The summed E-state index contributed by atoms with van der Waals surface area (Å²) in [7, 11) is -3.58. The number of sulfonamides is 1. The Bertz CT molecular complexity index is 1100. The zero-order valence-corrected chi connectivity index (χ0v) is 18.0. The van der Waals surface area contributed by atoms with Crippen molar-refractivity contribution in [3.8, 4) is 0 Å². The van der Waals surface area contributed by atoms with Gasteiger partial charge in [0.25, 0.3) is 5.91 Å². The molecule has 1 heterocycles. The van der Waals surface area contributed by atoms with Gasteiger partial charge in [0.1, 0.15) is 0 Å². The number of pyridine rings is 1. The van der Waals surface area contributed by atoms with Crippen molar-refractivity contribution in [1.82, 2.24) is 4.98 Å². The molecule has 0 atom stereocenters. The third-order valence-electron chi connectivity index (χ3n) is 4.52. The van der Waals surface area contributed by atoms with Crippen LogP contribution in [0.2, 0.25) is 0 Å². The van der Waals surface area contributed by atoms with E-state index in [1.807, 2.05) is 12.1 Å². The molecule has 2 aromatic carbocycles. The summed E-state index contributed by atoms with van der Waals surface area (Å²) < 4.78 is 27.6. The highest BCUT2D eigenvalue weighted by atomic mass is 32.2. The molecule has 0 aliphatic rings. The van der Waals surface area contributed by atoms with E-state index in [2.05, 4.69) is 35.8 Å². The summed E-state index contributed by atoms with van der Waals surface area (Å²) in [6.07, 6.45) is 3.18.